The van der Waals surface area contributed by atoms with Gasteiger partial charge in [0.25, 0.3) is 0 Å². The Morgan fingerprint density at radius 1 is 0.472 bits per heavy atom. The third kappa shape index (κ3) is 26.5. The first kappa shape index (κ1) is 35.5. The summed E-state index contributed by atoms with van der Waals surface area (Å²) in [5.41, 5.74) is 0. The summed E-state index contributed by atoms with van der Waals surface area (Å²) >= 11 is 0. The van der Waals surface area contributed by atoms with Gasteiger partial charge in [0.2, 0.25) is 0 Å². The van der Waals surface area contributed by atoms with Crippen LogP contribution in [0.1, 0.15) is 195 Å². The zero-order chi connectivity index (χ0) is 26.5. The Labute approximate surface area is 228 Å². The van der Waals surface area contributed by atoms with E-state index in [4.69, 9.17) is 4.74 Å². The molecule has 2 nitrogen and oxygen atoms in total. The van der Waals surface area contributed by atoms with E-state index in [1.165, 1.54) is 148 Å². The molecule has 0 aliphatic carbocycles. The summed E-state index contributed by atoms with van der Waals surface area (Å²) in [7, 11) is 0. The van der Waals surface area contributed by atoms with E-state index < -0.39 is 0 Å². The Kier molecular flexibility index (Phi) is 28.6. The van der Waals surface area contributed by atoms with Gasteiger partial charge in [0.05, 0.1) is 12.5 Å². The van der Waals surface area contributed by atoms with Crippen LogP contribution in [0.5, 0.6) is 0 Å². The second-order valence-corrected chi connectivity index (χ2v) is 12.0. The zero-order valence-electron chi connectivity index (χ0n) is 25.6. The molecule has 0 heterocycles. The maximum absolute atomic E-state index is 12.8. The number of ether oxygens (including phenoxy) is 1. The fourth-order valence-electron chi connectivity index (χ4n) is 5.26. The second kappa shape index (κ2) is 29.0. The largest absolute Gasteiger partial charge is 0.465 e. The second-order valence-electron chi connectivity index (χ2n) is 12.0. The van der Waals surface area contributed by atoms with Crippen molar-refractivity contribution in [3.8, 4) is 0 Å². The van der Waals surface area contributed by atoms with E-state index in [9.17, 15) is 4.79 Å². The molecule has 0 spiro atoms. The van der Waals surface area contributed by atoms with Crippen molar-refractivity contribution in [2.45, 2.75) is 195 Å². The summed E-state index contributed by atoms with van der Waals surface area (Å²) < 4.78 is 5.77. The number of esters is 1. The van der Waals surface area contributed by atoms with Crippen LogP contribution >= 0.6 is 0 Å². The highest BCUT2D eigenvalue weighted by Crippen LogP contribution is 2.21. The van der Waals surface area contributed by atoms with Crippen molar-refractivity contribution in [2.75, 3.05) is 6.61 Å². The molecule has 0 aromatic heterocycles. The summed E-state index contributed by atoms with van der Waals surface area (Å²) in [4.78, 5) is 12.8. The minimum Gasteiger partial charge on any atom is -0.465 e. The molecule has 0 aliphatic rings. The van der Waals surface area contributed by atoms with E-state index in [1.54, 1.807) is 0 Å². The summed E-state index contributed by atoms with van der Waals surface area (Å²) in [5, 5.41) is 0. The molecule has 0 rings (SSSR count). The molecule has 0 aromatic rings. The monoisotopic (exact) mass is 509 g/mol. The van der Waals surface area contributed by atoms with Gasteiger partial charge in [0.15, 0.2) is 0 Å². The lowest BCUT2D eigenvalue weighted by molar-refractivity contribution is -0.149. The standard InChI is InChI=1S/C34H68O2/c1-5-7-9-11-13-15-17-19-21-25-29-33(30-26-23-24-28-32(3)4)34(35)36-31-27-22-20-18-16-14-12-10-8-6-2/h32-33H,5-31H2,1-4H3. The molecule has 0 saturated carbocycles. The van der Waals surface area contributed by atoms with Gasteiger partial charge in [-0.25, -0.2) is 0 Å². The number of hydrogen-bond donors (Lipinski definition) is 0. The molecule has 0 radical (unpaired) electrons. The first-order valence-corrected chi connectivity index (χ1v) is 16.8. The van der Waals surface area contributed by atoms with Gasteiger partial charge < -0.3 is 4.74 Å². The molecule has 0 bridgehead atoms. The molecule has 216 valence electrons. The van der Waals surface area contributed by atoms with Gasteiger partial charge >= 0.3 is 5.97 Å². The predicted octanol–water partition coefficient (Wildman–Crippen LogP) is 12.0. The SMILES string of the molecule is CCCCCCCCCCCCOC(=O)C(CCCCCCCCCCCC)CCCCCC(C)C. The number of hydrogen-bond acceptors (Lipinski definition) is 2. The lowest BCUT2D eigenvalue weighted by Gasteiger charge is -2.16. The first-order valence-electron chi connectivity index (χ1n) is 16.8. The Balaban J connectivity index is 3.98. The van der Waals surface area contributed by atoms with Crippen molar-refractivity contribution < 1.29 is 9.53 Å². The van der Waals surface area contributed by atoms with Crippen molar-refractivity contribution in [1.82, 2.24) is 0 Å². The molecule has 0 saturated heterocycles. The van der Waals surface area contributed by atoms with E-state index in [1.807, 2.05) is 0 Å². The zero-order valence-corrected chi connectivity index (χ0v) is 25.6. The maximum Gasteiger partial charge on any atom is 0.308 e. The van der Waals surface area contributed by atoms with Crippen LogP contribution in [-0.4, -0.2) is 12.6 Å². The van der Waals surface area contributed by atoms with Crippen molar-refractivity contribution in [3.63, 3.8) is 0 Å². The number of rotatable bonds is 29. The summed E-state index contributed by atoms with van der Waals surface area (Å²) in [5.74, 6) is 1.03. The van der Waals surface area contributed by atoms with Crippen molar-refractivity contribution in [2.24, 2.45) is 11.8 Å². The first-order chi connectivity index (χ1) is 17.6. The summed E-state index contributed by atoms with van der Waals surface area (Å²) in [6.07, 6.45) is 33.9. The Hall–Kier alpha value is -0.530. The molecule has 0 aromatic carbocycles. The van der Waals surface area contributed by atoms with Crippen molar-refractivity contribution >= 4 is 5.97 Å². The van der Waals surface area contributed by atoms with Gasteiger partial charge in [-0.3, -0.25) is 4.79 Å². The molecular weight excluding hydrogens is 440 g/mol. The van der Waals surface area contributed by atoms with Crippen molar-refractivity contribution in [1.29, 1.82) is 0 Å². The van der Waals surface area contributed by atoms with Crippen LogP contribution in [0, 0.1) is 11.8 Å². The minimum atomic E-state index is 0.103. The lowest BCUT2D eigenvalue weighted by Crippen LogP contribution is -2.18. The van der Waals surface area contributed by atoms with Crippen LogP contribution in [0.4, 0.5) is 0 Å². The third-order valence-corrected chi connectivity index (χ3v) is 7.82. The van der Waals surface area contributed by atoms with E-state index in [2.05, 4.69) is 27.7 Å². The van der Waals surface area contributed by atoms with E-state index in [0.29, 0.717) is 6.61 Å². The summed E-state index contributed by atoms with van der Waals surface area (Å²) in [6, 6.07) is 0. The molecule has 1 unspecified atom stereocenters. The average Bonchev–Trinajstić information content (AvgIpc) is 2.86. The topological polar surface area (TPSA) is 26.3 Å². The lowest BCUT2D eigenvalue weighted by atomic mass is 9.93. The normalized spacial score (nSPS) is 12.4. The Bertz CT molecular complexity index is 431. The Morgan fingerprint density at radius 3 is 1.22 bits per heavy atom. The highest BCUT2D eigenvalue weighted by molar-refractivity contribution is 5.72. The molecular formula is C34H68O2. The van der Waals surface area contributed by atoms with Crippen molar-refractivity contribution in [3.05, 3.63) is 0 Å². The van der Waals surface area contributed by atoms with Crippen LogP contribution < -0.4 is 0 Å². The number of carbonyl (C=O) groups excluding carboxylic acids is 1. The van der Waals surface area contributed by atoms with Gasteiger partial charge in [-0.1, -0.05) is 175 Å². The number of carbonyl (C=O) groups is 1. The molecule has 36 heavy (non-hydrogen) atoms. The van der Waals surface area contributed by atoms with Gasteiger partial charge in [0, 0.05) is 0 Å². The fraction of sp³-hybridized carbons (Fsp3) is 0.971. The van der Waals surface area contributed by atoms with Crippen LogP contribution in [-0.2, 0) is 9.53 Å². The number of unbranched alkanes of at least 4 members (excludes halogenated alkanes) is 20. The van der Waals surface area contributed by atoms with Gasteiger partial charge in [0.1, 0.15) is 0 Å². The molecule has 2 heteroatoms. The fourth-order valence-corrected chi connectivity index (χ4v) is 5.26. The highest BCUT2D eigenvalue weighted by Gasteiger charge is 2.19. The predicted molar refractivity (Wildman–Crippen MR) is 161 cm³/mol. The molecule has 0 amide bonds. The maximum atomic E-state index is 12.8. The van der Waals surface area contributed by atoms with Gasteiger partial charge in [-0.05, 0) is 25.2 Å². The quantitative estimate of drug-likeness (QED) is 0.0741. The molecule has 0 aliphatic heterocycles. The average molecular weight is 509 g/mol. The molecule has 0 fully saturated rings. The smallest absolute Gasteiger partial charge is 0.308 e. The van der Waals surface area contributed by atoms with Crippen LogP contribution in [0.3, 0.4) is 0 Å². The highest BCUT2D eigenvalue weighted by atomic mass is 16.5. The van der Waals surface area contributed by atoms with Gasteiger partial charge in [-0.15, -0.1) is 0 Å². The molecule has 0 N–H and O–H groups in total. The van der Waals surface area contributed by atoms with E-state index >= 15 is 0 Å². The van der Waals surface area contributed by atoms with Crippen LogP contribution in [0.25, 0.3) is 0 Å². The summed E-state index contributed by atoms with van der Waals surface area (Å²) in [6.45, 7) is 9.81. The van der Waals surface area contributed by atoms with Crippen LogP contribution in [0.2, 0.25) is 0 Å². The van der Waals surface area contributed by atoms with E-state index in [0.717, 1.165) is 25.2 Å². The third-order valence-electron chi connectivity index (χ3n) is 7.82. The Morgan fingerprint density at radius 2 is 0.806 bits per heavy atom. The van der Waals surface area contributed by atoms with E-state index in [-0.39, 0.29) is 11.9 Å². The molecule has 1 atom stereocenters. The van der Waals surface area contributed by atoms with Crippen LogP contribution in [0.15, 0.2) is 0 Å². The minimum absolute atomic E-state index is 0.103. The van der Waals surface area contributed by atoms with Gasteiger partial charge in [-0.2, -0.15) is 0 Å².